The molecule has 0 fully saturated rings. The molecule has 0 radical (unpaired) electrons. The Morgan fingerprint density at radius 1 is 1.05 bits per heavy atom. The van der Waals surface area contributed by atoms with E-state index in [0.29, 0.717) is 0 Å². The van der Waals surface area contributed by atoms with Gasteiger partial charge in [-0.2, -0.15) is 0 Å². The van der Waals surface area contributed by atoms with Crippen LogP contribution >= 0.6 is 0 Å². The normalized spacial score (nSPS) is 10.3. The fraction of sp³-hybridized carbons (Fsp3) is 0.312. The number of aryl methyl sites for hydroxylation is 1. The number of hydrogen-bond donors (Lipinski definition) is 1. The number of rotatable bonds is 6. The molecular formula is C16H20N2O2. The maximum Gasteiger partial charge on any atom is 0.165 e. The van der Waals surface area contributed by atoms with Crippen LogP contribution in [-0.2, 0) is 13.1 Å². The van der Waals surface area contributed by atoms with Gasteiger partial charge in [-0.05, 0) is 30.2 Å². The van der Waals surface area contributed by atoms with Crippen LogP contribution in [0.25, 0.3) is 0 Å². The molecule has 0 bridgehead atoms. The van der Waals surface area contributed by atoms with Crippen molar-refractivity contribution < 1.29 is 9.47 Å². The fourth-order valence-electron chi connectivity index (χ4n) is 2.13. The number of nitrogens with one attached hydrogen (secondary N) is 1. The van der Waals surface area contributed by atoms with E-state index in [2.05, 4.69) is 17.2 Å². The molecule has 2 aromatic rings. The van der Waals surface area contributed by atoms with Gasteiger partial charge in [-0.3, -0.25) is 4.98 Å². The van der Waals surface area contributed by atoms with Crippen LogP contribution in [0, 0.1) is 6.92 Å². The van der Waals surface area contributed by atoms with Gasteiger partial charge in [0.2, 0.25) is 0 Å². The first-order chi connectivity index (χ1) is 9.76. The lowest BCUT2D eigenvalue weighted by Gasteiger charge is -2.13. The number of nitrogens with zero attached hydrogens (tertiary/aromatic N) is 1. The maximum absolute atomic E-state index is 5.42. The Kier molecular flexibility index (Phi) is 4.96. The third-order valence-electron chi connectivity index (χ3n) is 3.25. The predicted octanol–water partition coefficient (Wildman–Crippen LogP) is 2.70. The molecule has 0 atom stereocenters. The van der Waals surface area contributed by atoms with Crippen molar-refractivity contribution in [2.75, 3.05) is 14.2 Å². The second kappa shape index (κ2) is 6.91. The number of pyridine rings is 1. The van der Waals surface area contributed by atoms with Crippen molar-refractivity contribution in [3.8, 4) is 11.5 Å². The topological polar surface area (TPSA) is 43.4 Å². The molecule has 0 spiro atoms. The summed E-state index contributed by atoms with van der Waals surface area (Å²) < 4.78 is 10.7. The SMILES string of the molecule is COc1cccc(CNCc2ccncc2C)c1OC. The van der Waals surface area contributed by atoms with E-state index < -0.39 is 0 Å². The van der Waals surface area contributed by atoms with Crippen molar-refractivity contribution in [2.45, 2.75) is 20.0 Å². The van der Waals surface area contributed by atoms with Gasteiger partial charge in [0.25, 0.3) is 0 Å². The number of benzene rings is 1. The Bertz CT molecular complexity index is 570. The average Bonchev–Trinajstić information content (AvgIpc) is 2.48. The molecule has 20 heavy (non-hydrogen) atoms. The maximum atomic E-state index is 5.42. The van der Waals surface area contributed by atoms with Crippen LogP contribution < -0.4 is 14.8 Å². The third-order valence-corrected chi connectivity index (χ3v) is 3.25. The Hall–Kier alpha value is -2.07. The van der Waals surface area contributed by atoms with E-state index in [4.69, 9.17) is 9.47 Å². The number of methoxy groups -OCH3 is 2. The van der Waals surface area contributed by atoms with Gasteiger partial charge < -0.3 is 14.8 Å². The van der Waals surface area contributed by atoms with Gasteiger partial charge in [0.15, 0.2) is 11.5 Å². The van der Waals surface area contributed by atoms with Crippen LogP contribution in [0.5, 0.6) is 11.5 Å². The lowest BCUT2D eigenvalue weighted by molar-refractivity contribution is 0.350. The van der Waals surface area contributed by atoms with Gasteiger partial charge in [0.1, 0.15) is 0 Å². The minimum absolute atomic E-state index is 0.724. The van der Waals surface area contributed by atoms with Crippen molar-refractivity contribution in [1.82, 2.24) is 10.3 Å². The van der Waals surface area contributed by atoms with E-state index in [9.17, 15) is 0 Å². The van der Waals surface area contributed by atoms with E-state index in [1.807, 2.05) is 36.7 Å². The quantitative estimate of drug-likeness (QED) is 0.878. The summed E-state index contributed by atoms with van der Waals surface area (Å²) in [6, 6.07) is 7.93. The molecule has 4 heteroatoms. The van der Waals surface area contributed by atoms with E-state index >= 15 is 0 Å². The largest absolute Gasteiger partial charge is 0.493 e. The average molecular weight is 272 g/mol. The summed E-state index contributed by atoms with van der Waals surface area (Å²) in [6.07, 6.45) is 3.69. The molecule has 0 aliphatic heterocycles. The second-order valence-corrected chi connectivity index (χ2v) is 4.56. The van der Waals surface area contributed by atoms with Crippen molar-refractivity contribution >= 4 is 0 Å². The monoisotopic (exact) mass is 272 g/mol. The highest BCUT2D eigenvalue weighted by atomic mass is 16.5. The summed E-state index contributed by atoms with van der Waals surface area (Å²) in [5.74, 6) is 1.54. The zero-order chi connectivity index (χ0) is 14.4. The molecule has 2 rings (SSSR count). The zero-order valence-corrected chi connectivity index (χ0v) is 12.1. The van der Waals surface area contributed by atoms with Crippen molar-refractivity contribution in [3.05, 3.63) is 53.3 Å². The molecule has 0 aliphatic rings. The Morgan fingerprint density at radius 3 is 2.55 bits per heavy atom. The van der Waals surface area contributed by atoms with Crippen molar-refractivity contribution in [3.63, 3.8) is 0 Å². The molecule has 0 saturated carbocycles. The first kappa shape index (κ1) is 14.3. The summed E-state index contributed by atoms with van der Waals surface area (Å²) in [6.45, 7) is 3.59. The summed E-state index contributed by atoms with van der Waals surface area (Å²) in [4.78, 5) is 4.10. The second-order valence-electron chi connectivity index (χ2n) is 4.56. The van der Waals surface area contributed by atoms with Crippen LogP contribution in [0.3, 0.4) is 0 Å². The molecule has 0 amide bonds. The van der Waals surface area contributed by atoms with E-state index in [1.165, 1.54) is 11.1 Å². The third kappa shape index (κ3) is 3.27. The first-order valence-corrected chi connectivity index (χ1v) is 6.56. The van der Waals surface area contributed by atoms with Gasteiger partial charge >= 0.3 is 0 Å². The van der Waals surface area contributed by atoms with Gasteiger partial charge in [0.05, 0.1) is 14.2 Å². The number of hydrogen-bond acceptors (Lipinski definition) is 4. The summed E-state index contributed by atoms with van der Waals surface area (Å²) >= 11 is 0. The summed E-state index contributed by atoms with van der Waals surface area (Å²) in [5, 5.41) is 3.42. The van der Waals surface area contributed by atoms with E-state index in [1.54, 1.807) is 14.2 Å². The van der Waals surface area contributed by atoms with Gasteiger partial charge in [-0.1, -0.05) is 12.1 Å². The predicted molar refractivity (Wildman–Crippen MR) is 79.1 cm³/mol. The standard InChI is InChI=1S/C16H20N2O2/c1-12-9-17-8-7-13(12)10-18-11-14-5-4-6-15(19-2)16(14)20-3/h4-9,18H,10-11H2,1-3H3. The van der Waals surface area contributed by atoms with E-state index in [-0.39, 0.29) is 0 Å². The lowest BCUT2D eigenvalue weighted by Crippen LogP contribution is -2.14. The molecule has 1 aromatic carbocycles. The highest BCUT2D eigenvalue weighted by Gasteiger charge is 2.08. The molecule has 1 aromatic heterocycles. The van der Waals surface area contributed by atoms with Crippen LogP contribution in [0.2, 0.25) is 0 Å². The fourth-order valence-corrected chi connectivity index (χ4v) is 2.13. The molecule has 0 aliphatic carbocycles. The molecular weight excluding hydrogens is 252 g/mol. The first-order valence-electron chi connectivity index (χ1n) is 6.56. The zero-order valence-electron chi connectivity index (χ0n) is 12.1. The number of aromatic nitrogens is 1. The molecule has 1 heterocycles. The molecule has 1 N–H and O–H groups in total. The highest BCUT2D eigenvalue weighted by Crippen LogP contribution is 2.30. The van der Waals surface area contributed by atoms with Crippen molar-refractivity contribution in [2.24, 2.45) is 0 Å². The Morgan fingerprint density at radius 2 is 1.85 bits per heavy atom. The highest BCUT2D eigenvalue weighted by molar-refractivity contribution is 5.46. The smallest absolute Gasteiger partial charge is 0.165 e. The number of ether oxygens (including phenoxy) is 2. The van der Waals surface area contributed by atoms with Crippen LogP contribution in [0.1, 0.15) is 16.7 Å². The molecule has 0 saturated heterocycles. The molecule has 106 valence electrons. The minimum atomic E-state index is 0.724. The van der Waals surface area contributed by atoms with Crippen LogP contribution in [0.4, 0.5) is 0 Å². The van der Waals surface area contributed by atoms with E-state index in [0.717, 1.165) is 30.2 Å². The van der Waals surface area contributed by atoms with Gasteiger partial charge in [-0.25, -0.2) is 0 Å². The Labute approximate surface area is 119 Å². The van der Waals surface area contributed by atoms with Crippen LogP contribution in [-0.4, -0.2) is 19.2 Å². The van der Waals surface area contributed by atoms with Gasteiger partial charge in [-0.15, -0.1) is 0 Å². The Balaban J connectivity index is 2.03. The van der Waals surface area contributed by atoms with Crippen molar-refractivity contribution in [1.29, 1.82) is 0 Å². The minimum Gasteiger partial charge on any atom is -0.493 e. The summed E-state index contributed by atoms with van der Waals surface area (Å²) in [7, 11) is 3.31. The molecule has 0 unspecified atom stereocenters. The lowest BCUT2D eigenvalue weighted by atomic mass is 10.1. The number of para-hydroxylation sites is 1. The molecule has 4 nitrogen and oxygen atoms in total. The van der Waals surface area contributed by atoms with Crippen LogP contribution in [0.15, 0.2) is 36.7 Å². The van der Waals surface area contributed by atoms with Gasteiger partial charge in [0, 0.05) is 31.0 Å². The summed E-state index contributed by atoms with van der Waals surface area (Å²) in [5.41, 5.74) is 3.53.